The zero-order valence-corrected chi connectivity index (χ0v) is 12.9. The number of likely N-dealkylation sites (tertiary alicyclic amines) is 1. The predicted molar refractivity (Wildman–Crippen MR) is 83.9 cm³/mol. The third kappa shape index (κ3) is 3.53. The maximum Gasteiger partial charge on any atom is 0.0587 e. The molecule has 112 valence electrons. The van der Waals surface area contributed by atoms with Gasteiger partial charge < -0.3 is 10.8 Å². The van der Waals surface area contributed by atoms with Crippen molar-refractivity contribution in [1.29, 1.82) is 0 Å². The Kier molecular flexibility index (Phi) is 5.85. The van der Waals surface area contributed by atoms with Crippen LogP contribution in [0.25, 0.3) is 0 Å². The summed E-state index contributed by atoms with van der Waals surface area (Å²) in [6, 6.07) is 8.14. The molecule has 0 spiro atoms. The first kappa shape index (κ1) is 15.8. The van der Waals surface area contributed by atoms with Crippen LogP contribution in [0.5, 0.6) is 0 Å². The van der Waals surface area contributed by atoms with Crippen molar-refractivity contribution in [3.05, 3.63) is 34.9 Å². The number of hydrogen-bond acceptors (Lipinski definition) is 3. The number of halogens is 1. The summed E-state index contributed by atoms with van der Waals surface area (Å²) in [5, 5.41) is 10.5. The van der Waals surface area contributed by atoms with Gasteiger partial charge >= 0.3 is 0 Å². The van der Waals surface area contributed by atoms with Gasteiger partial charge in [0.05, 0.1) is 12.6 Å². The van der Waals surface area contributed by atoms with Gasteiger partial charge in [0, 0.05) is 17.1 Å². The first-order valence-corrected chi connectivity index (χ1v) is 7.89. The van der Waals surface area contributed by atoms with Gasteiger partial charge in [-0.2, -0.15) is 0 Å². The lowest BCUT2D eigenvalue weighted by Crippen LogP contribution is -2.46. The average Bonchev–Trinajstić information content (AvgIpc) is 2.66. The summed E-state index contributed by atoms with van der Waals surface area (Å²) < 4.78 is 0. The number of hydrogen-bond donors (Lipinski definition) is 2. The fraction of sp³-hybridized carbons (Fsp3) is 0.625. The molecule has 1 aromatic rings. The smallest absolute Gasteiger partial charge is 0.0587 e. The van der Waals surface area contributed by atoms with Crippen molar-refractivity contribution < 1.29 is 5.11 Å². The van der Waals surface area contributed by atoms with E-state index in [4.69, 9.17) is 17.3 Å². The van der Waals surface area contributed by atoms with E-state index in [1.54, 1.807) is 0 Å². The predicted octanol–water partition coefficient (Wildman–Crippen LogP) is 2.97. The van der Waals surface area contributed by atoms with E-state index in [2.05, 4.69) is 11.0 Å². The van der Waals surface area contributed by atoms with Crippen LogP contribution in [0.15, 0.2) is 24.3 Å². The lowest BCUT2D eigenvalue weighted by Gasteiger charge is -2.39. The Labute approximate surface area is 126 Å². The average molecular weight is 297 g/mol. The molecule has 1 aromatic carbocycles. The number of nitrogens with two attached hydrogens (primary N) is 1. The van der Waals surface area contributed by atoms with Gasteiger partial charge in [0.15, 0.2) is 0 Å². The quantitative estimate of drug-likeness (QED) is 0.898. The molecule has 0 saturated carbocycles. The summed E-state index contributed by atoms with van der Waals surface area (Å²) >= 11 is 6.37. The van der Waals surface area contributed by atoms with Crippen molar-refractivity contribution in [2.45, 2.75) is 50.7 Å². The third-order valence-corrected chi connectivity index (χ3v) is 4.56. The monoisotopic (exact) mass is 296 g/mol. The number of nitrogens with zero attached hydrogens (tertiary/aromatic N) is 1. The molecule has 1 saturated heterocycles. The molecule has 0 aromatic heterocycles. The summed E-state index contributed by atoms with van der Waals surface area (Å²) in [4.78, 5) is 2.36. The highest BCUT2D eigenvalue weighted by atomic mass is 35.5. The lowest BCUT2D eigenvalue weighted by molar-refractivity contribution is 0.0747. The Hall–Kier alpha value is -0.610. The van der Waals surface area contributed by atoms with E-state index in [1.807, 2.05) is 25.1 Å². The molecule has 0 radical (unpaired) electrons. The molecule has 4 heteroatoms. The van der Waals surface area contributed by atoms with Crippen LogP contribution in [0.4, 0.5) is 0 Å². The number of benzene rings is 1. The van der Waals surface area contributed by atoms with Gasteiger partial charge in [-0.05, 0) is 37.9 Å². The minimum absolute atomic E-state index is 0.0259. The Morgan fingerprint density at radius 1 is 1.35 bits per heavy atom. The number of rotatable bonds is 4. The molecule has 1 heterocycles. The minimum atomic E-state index is -0.0259. The maximum atomic E-state index is 9.72. The molecular formula is C16H25ClN2O. The van der Waals surface area contributed by atoms with Gasteiger partial charge in [-0.3, -0.25) is 4.90 Å². The van der Waals surface area contributed by atoms with Gasteiger partial charge in [0.2, 0.25) is 0 Å². The van der Waals surface area contributed by atoms with Crippen LogP contribution < -0.4 is 5.73 Å². The zero-order chi connectivity index (χ0) is 14.5. The fourth-order valence-corrected chi connectivity index (χ4v) is 3.49. The topological polar surface area (TPSA) is 49.5 Å². The van der Waals surface area contributed by atoms with Crippen LogP contribution in [0.3, 0.4) is 0 Å². The first-order chi connectivity index (χ1) is 9.65. The Morgan fingerprint density at radius 3 is 2.75 bits per heavy atom. The molecule has 3 nitrogen and oxygen atoms in total. The van der Waals surface area contributed by atoms with E-state index >= 15 is 0 Å². The summed E-state index contributed by atoms with van der Waals surface area (Å²) in [7, 11) is 0. The van der Waals surface area contributed by atoms with Crippen LogP contribution in [0, 0.1) is 0 Å². The van der Waals surface area contributed by atoms with Crippen LogP contribution >= 0.6 is 11.6 Å². The van der Waals surface area contributed by atoms with Crippen LogP contribution in [-0.4, -0.2) is 35.2 Å². The van der Waals surface area contributed by atoms with E-state index in [-0.39, 0.29) is 24.7 Å². The highest BCUT2D eigenvalue weighted by molar-refractivity contribution is 6.31. The molecule has 0 aliphatic carbocycles. The van der Waals surface area contributed by atoms with Crippen LogP contribution in [-0.2, 0) is 0 Å². The van der Waals surface area contributed by atoms with E-state index in [0.29, 0.717) is 0 Å². The molecule has 0 amide bonds. The van der Waals surface area contributed by atoms with Gasteiger partial charge in [-0.1, -0.05) is 42.6 Å². The number of aliphatic hydroxyl groups is 1. The maximum absolute atomic E-state index is 9.72. The summed E-state index contributed by atoms with van der Waals surface area (Å²) in [5.74, 6) is 0. The molecule has 1 fully saturated rings. The second kappa shape index (κ2) is 7.41. The van der Waals surface area contributed by atoms with E-state index in [9.17, 15) is 5.11 Å². The van der Waals surface area contributed by atoms with Crippen molar-refractivity contribution >= 4 is 11.6 Å². The van der Waals surface area contributed by atoms with Crippen molar-refractivity contribution in [3.8, 4) is 0 Å². The zero-order valence-electron chi connectivity index (χ0n) is 12.1. The van der Waals surface area contributed by atoms with Crippen molar-refractivity contribution in [2.24, 2.45) is 5.73 Å². The molecule has 1 aliphatic rings. The summed E-state index contributed by atoms with van der Waals surface area (Å²) in [6.07, 6.45) is 4.59. The van der Waals surface area contributed by atoms with Gasteiger partial charge in [-0.25, -0.2) is 0 Å². The molecule has 3 atom stereocenters. The fourth-order valence-electron chi connectivity index (χ4n) is 3.24. The van der Waals surface area contributed by atoms with E-state index in [1.165, 1.54) is 12.8 Å². The summed E-state index contributed by atoms with van der Waals surface area (Å²) in [6.45, 7) is 3.18. The highest BCUT2D eigenvalue weighted by Crippen LogP contribution is 2.33. The number of aliphatic hydroxyl groups excluding tert-OH is 1. The Morgan fingerprint density at radius 2 is 2.10 bits per heavy atom. The van der Waals surface area contributed by atoms with Crippen molar-refractivity contribution in [3.63, 3.8) is 0 Å². The normalized spacial score (nSPS) is 24.1. The molecule has 2 rings (SSSR count). The largest absolute Gasteiger partial charge is 0.395 e. The Balaban J connectivity index is 2.33. The standard InChI is InChI=1S/C16H25ClN2O/c1-12(18)16(14-8-4-5-9-15(14)17)19-10-6-2-3-7-13(19)11-20/h4-5,8-9,12-13,16,20H,2-3,6-7,10-11,18H2,1H3. The van der Waals surface area contributed by atoms with Crippen LogP contribution in [0.1, 0.15) is 44.2 Å². The van der Waals surface area contributed by atoms with Crippen molar-refractivity contribution in [1.82, 2.24) is 4.90 Å². The van der Waals surface area contributed by atoms with Gasteiger partial charge in [0.1, 0.15) is 0 Å². The van der Waals surface area contributed by atoms with E-state index in [0.717, 1.165) is 30.0 Å². The highest BCUT2D eigenvalue weighted by Gasteiger charge is 2.31. The third-order valence-electron chi connectivity index (χ3n) is 4.21. The molecule has 3 N–H and O–H groups in total. The molecule has 20 heavy (non-hydrogen) atoms. The Bertz CT molecular complexity index is 425. The second-order valence-corrected chi connectivity index (χ2v) is 6.16. The lowest BCUT2D eigenvalue weighted by atomic mass is 9.96. The van der Waals surface area contributed by atoms with Gasteiger partial charge in [0.25, 0.3) is 0 Å². The minimum Gasteiger partial charge on any atom is -0.395 e. The molecule has 3 unspecified atom stereocenters. The van der Waals surface area contributed by atoms with Crippen LogP contribution in [0.2, 0.25) is 5.02 Å². The molecular weight excluding hydrogens is 272 g/mol. The second-order valence-electron chi connectivity index (χ2n) is 5.75. The van der Waals surface area contributed by atoms with E-state index < -0.39 is 0 Å². The summed E-state index contributed by atoms with van der Waals surface area (Å²) in [5.41, 5.74) is 7.33. The molecule has 0 bridgehead atoms. The first-order valence-electron chi connectivity index (χ1n) is 7.51. The van der Waals surface area contributed by atoms with Gasteiger partial charge in [-0.15, -0.1) is 0 Å². The SMILES string of the molecule is CC(N)C(c1ccccc1Cl)N1CCCCCC1CO. The molecule has 1 aliphatic heterocycles. The van der Waals surface area contributed by atoms with Crippen molar-refractivity contribution in [2.75, 3.05) is 13.2 Å².